The number of hydrogen-bond donors (Lipinski definition) is 2. The Kier molecular flexibility index (Phi) is 8.29. The molecule has 8 nitrogen and oxygen atoms in total. The number of hydrogen-bond acceptors (Lipinski definition) is 7. The van der Waals surface area contributed by atoms with Crippen molar-refractivity contribution in [2.24, 2.45) is 17.8 Å². The Morgan fingerprint density at radius 1 is 1.15 bits per heavy atom. The number of nitrogens with one attached hydrogen (secondary N) is 1. The number of cyclic esters (lactones) is 1. The summed E-state index contributed by atoms with van der Waals surface area (Å²) in [6, 6.07) is 0.658. The second kappa shape index (κ2) is 11.4. The van der Waals surface area contributed by atoms with Crippen LogP contribution in [0.25, 0.3) is 0 Å². The molecule has 0 aromatic carbocycles. The molecule has 8 heteroatoms. The molecule has 0 bridgehead atoms. The van der Waals surface area contributed by atoms with Gasteiger partial charge in [-0.2, -0.15) is 0 Å². The van der Waals surface area contributed by atoms with Crippen molar-refractivity contribution in [1.82, 2.24) is 10.3 Å². The van der Waals surface area contributed by atoms with Gasteiger partial charge in [0.25, 0.3) is 5.91 Å². The molecule has 3 fully saturated rings. The number of methoxy groups -OCH3 is 1. The molecule has 1 amide bonds. The monoisotopic (exact) mass is 474 g/mol. The van der Waals surface area contributed by atoms with Crippen LogP contribution in [0.1, 0.15) is 81.6 Å². The first kappa shape index (κ1) is 24.8. The van der Waals surface area contributed by atoms with Gasteiger partial charge in [-0.1, -0.05) is 32.1 Å². The summed E-state index contributed by atoms with van der Waals surface area (Å²) in [5.74, 6) is 0.395. The van der Waals surface area contributed by atoms with Gasteiger partial charge in [-0.25, -0.2) is 9.78 Å². The molecule has 188 valence electrons. The third-order valence-corrected chi connectivity index (χ3v) is 7.54. The van der Waals surface area contributed by atoms with Crippen LogP contribution >= 0.6 is 0 Å². The lowest BCUT2D eigenvalue weighted by atomic mass is 9.83. The highest BCUT2D eigenvalue weighted by Gasteiger charge is 2.37. The molecular weight excluding hydrogens is 436 g/mol. The van der Waals surface area contributed by atoms with Crippen molar-refractivity contribution in [2.45, 2.75) is 89.4 Å². The van der Waals surface area contributed by atoms with E-state index in [0.29, 0.717) is 18.3 Å². The van der Waals surface area contributed by atoms with Crippen LogP contribution in [-0.4, -0.2) is 53.9 Å². The number of aromatic nitrogens is 1. The zero-order valence-corrected chi connectivity index (χ0v) is 20.3. The highest BCUT2D eigenvalue weighted by molar-refractivity contribution is 5.97. The lowest BCUT2D eigenvalue weighted by molar-refractivity contribution is -0.161. The molecule has 1 aliphatic heterocycles. The fraction of sp³-hybridized carbons (Fsp3) is 0.731. The molecule has 1 saturated heterocycles. The van der Waals surface area contributed by atoms with Crippen LogP contribution in [0.5, 0.6) is 11.5 Å². The number of aromatic hydroxyl groups is 1. The van der Waals surface area contributed by atoms with E-state index in [4.69, 9.17) is 14.2 Å². The van der Waals surface area contributed by atoms with Gasteiger partial charge in [0.2, 0.25) is 0 Å². The van der Waals surface area contributed by atoms with Crippen molar-refractivity contribution >= 4 is 11.9 Å². The van der Waals surface area contributed by atoms with E-state index < -0.39 is 24.0 Å². The fourth-order valence-electron chi connectivity index (χ4n) is 5.44. The van der Waals surface area contributed by atoms with Crippen LogP contribution in [0.4, 0.5) is 0 Å². The number of rotatable bonds is 8. The molecule has 4 rings (SSSR count). The highest BCUT2D eigenvalue weighted by Crippen LogP contribution is 2.37. The van der Waals surface area contributed by atoms with Crippen LogP contribution in [0.15, 0.2) is 12.3 Å². The molecular formula is C26H38N2O6. The smallest absolute Gasteiger partial charge is 0.329 e. The number of carbonyl (C=O) groups is 2. The number of amides is 1. The van der Waals surface area contributed by atoms with Gasteiger partial charge in [-0.3, -0.25) is 4.79 Å². The summed E-state index contributed by atoms with van der Waals surface area (Å²) >= 11 is 0. The van der Waals surface area contributed by atoms with Crippen molar-refractivity contribution in [1.29, 1.82) is 0 Å². The Balaban J connectivity index is 1.45. The topological polar surface area (TPSA) is 107 Å². The van der Waals surface area contributed by atoms with E-state index in [0.717, 1.165) is 31.8 Å². The third-order valence-electron chi connectivity index (χ3n) is 7.54. The van der Waals surface area contributed by atoms with Gasteiger partial charge in [0, 0.05) is 18.9 Å². The van der Waals surface area contributed by atoms with E-state index in [-0.39, 0.29) is 23.3 Å². The van der Waals surface area contributed by atoms with Gasteiger partial charge in [0.15, 0.2) is 17.2 Å². The summed E-state index contributed by atoms with van der Waals surface area (Å²) in [5.41, 5.74) is -0.176. The van der Waals surface area contributed by atoms with Crippen LogP contribution in [0, 0.1) is 17.8 Å². The summed E-state index contributed by atoms with van der Waals surface area (Å²) in [7, 11) is 1.40. The molecule has 2 N–H and O–H groups in total. The van der Waals surface area contributed by atoms with E-state index in [1.54, 1.807) is 0 Å². The molecule has 1 aromatic heterocycles. The maximum Gasteiger partial charge on any atom is 0.329 e. The molecule has 2 aliphatic carbocycles. The fourth-order valence-corrected chi connectivity index (χ4v) is 5.44. The molecule has 0 radical (unpaired) electrons. The van der Waals surface area contributed by atoms with Crippen molar-refractivity contribution in [3.8, 4) is 11.5 Å². The van der Waals surface area contributed by atoms with Gasteiger partial charge in [0.1, 0.15) is 12.1 Å². The molecule has 2 saturated carbocycles. The zero-order valence-electron chi connectivity index (χ0n) is 20.3. The Labute approximate surface area is 201 Å². The Bertz CT molecular complexity index is 852. The summed E-state index contributed by atoms with van der Waals surface area (Å²) in [6.45, 7) is 2.64. The van der Waals surface area contributed by atoms with Gasteiger partial charge in [0.05, 0.1) is 13.2 Å². The molecule has 4 atom stereocenters. The van der Waals surface area contributed by atoms with Crippen LogP contribution < -0.4 is 10.1 Å². The Morgan fingerprint density at radius 2 is 1.91 bits per heavy atom. The third kappa shape index (κ3) is 6.20. The maximum atomic E-state index is 13.1. The molecule has 3 aliphatic rings. The molecule has 1 aromatic rings. The van der Waals surface area contributed by atoms with E-state index in [1.165, 1.54) is 57.9 Å². The summed E-state index contributed by atoms with van der Waals surface area (Å²) in [5, 5.41) is 13.0. The normalized spacial score (nSPS) is 28.5. The molecule has 34 heavy (non-hydrogen) atoms. The maximum absolute atomic E-state index is 13.1. The first-order valence-electron chi connectivity index (χ1n) is 12.8. The molecule has 0 spiro atoms. The zero-order chi connectivity index (χ0) is 24.1. The van der Waals surface area contributed by atoms with Gasteiger partial charge < -0.3 is 24.6 Å². The lowest BCUT2D eigenvalue weighted by Crippen LogP contribution is -2.44. The second-order valence-electron chi connectivity index (χ2n) is 10.2. The minimum absolute atomic E-state index is 0.122. The van der Waals surface area contributed by atoms with Gasteiger partial charge >= 0.3 is 5.97 Å². The predicted octanol–water partition coefficient (Wildman–Crippen LogP) is 4.00. The SMILES string of the molecule is COc1ccnc(C(=O)N[C@H]2CCC[C@H](CC3CCCC3)[C@@H](OCC3CC3)[C@H](C)OC2=O)c1O. The average molecular weight is 475 g/mol. The minimum atomic E-state index is -0.809. The number of pyridine rings is 1. The number of nitrogens with zero attached hydrogens (tertiary/aromatic N) is 1. The lowest BCUT2D eigenvalue weighted by Gasteiger charge is -2.32. The van der Waals surface area contributed by atoms with E-state index in [9.17, 15) is 14.7 Å². The summed E-state index contributed by atoms with van der Waals surface area (Å²) in [6.07, 6.45) is 11.7. The predicted molar refractivity (Wildman–Crippen MR) is 126 cm³/mol. The summed E-state index contributed by atoms with van der Waals surface area (Å²) in [4.78, 5) is 29.9. The molecule has 2 heterocycles. The average Bonchev–Trinajstić information content (AvgIpc) is 3.50. The van der Waals surface area contributed by atoms with Crippen molar-refractivity contribution < 1.29 is 28.9 Å². The van der Waals surface area contributed by atoms with Crippen LogP contribution in [0.2, 0.25) is 0 Å². The van der Waals surface area contributed by atoms with Gasteiger partial charge in [-0.05, 0) is 56.8 Å². The minimum Gasteiger partial charge on any atom is -0.503 e. The Hall–Kier alpha value is -2.35. The largest absolute Gasteiger partial charge is 0.503 e. The van der Waals surface area contributed by atoms with Crippen LogP contribution in [0.3, 0.4) is 0 Å². The number of carbonyl (C=O) groups excluding carboxylic acids is 2. The molecule has 0 unspecified atom stereocenters. The highest BCUT2D eigenvalue weighted by atomic mass is 16.6. The number of ether oxygens (including phenoxy) is 3. The standard InChI is InChI=1S/C26H38N2O6/c1-16-24(33-15-18-10-11-18)19(14-17-6-3-4-7-17)8-5-9-20(26(31)34-16)28-25(30)22-23(29)21(32-2)12-13-27-22/h12-13,16-20,24,29H,3-11,14-15H2,1-2H3,(H,28,30)/t16-,19+,20-,24-/m0/s1. The van der Waals surface area contributed by atoms with Crippen LogP contribution in [-0.2, 0) is 14.3 Å². The second-order valence-corrected chi connectivity index (χ2v) is 10.2. The van der Waals surface area contributed by atoms with Crippen molar-refractivity contribution in [3.63, 3.8) is 0 Å². The number of esters is 1. The van der Waals surface area contributed by atoms with E-state index in [1.807, 2.05) is 6.92 Å². The van der Waals surface area contributed by atoms with E-state index >= 15 is 0 Å². The first-order chi connectivity index (χ1) is 16.5. The van der Waals surface area contributed by atoms with Crippen molar-refractivity contribution in [2.75, 3.05) is 13.7 Å². The first-order valence-corrected chi connectivity index (χ1v) is 12.8. The Morgan fingerprint density at radius 3 is 2.62 bits per heavy atom. The van der Waals surface area contributed by atoms with Crippen molar-refractivity contribution in [3.05, 3.63) is 18.0 Å². The quantitative estimate of drug-likeness (QED) is 0.548. The summed E-state index contributed by atoms with van der Waals surface area (Å²) < 4.78 is 17.3. The van der Waals surface area contributed by atoms with E-state index in [2.05, 4.69) is 10.3 Å². The van der Waals surface area contributed by atoms with Gasteiger partial charge in [-0.15, -0.1) is 0 Å².